The number of rotatable bonds is 2. The Kier molecular flexibility index (Phi) is 2.57. The second-order valence-electron chi connectivity index (χ2n) is 3.88. The Morgan fingerprint density at radius 1 is 1.12 bits per heavy atom. The van der Waals surface area contributed by atoms with Gasteiger partial charge in [0, 0.05) is 16.8 Å². The first-order chi connectivity index (χ1) is 8.33. The lowest BCUT2D eigenvalue weighted by Crippen LogP contribution is -1.86. The van der Waals surface area contributed by atoms with Crippen molar-refractivity contribution in [2.24, 2.45) is 0 Å². The molecule has 1 aromatic heterocycles. The zero-order valence-corrected chi connectivity index (χ0v) is 9.78. The van der Waals surface area contributed by atoms with E-state index in [-0.39, 0.29) is 0 Å². The Morgan fingerprint density at radius 3 is 2.88 bits per heavy atom. The molecule has 0 saturated heterocycles. The first-order valence-corrected chi connectivity index (χ1v) is 5.73. The molecule has 3 rings (SSSR count). The highest BCUT2D eigenvalue weighted by Crippen LogP contribution is 2.22. The van der Waals surface area contributed by atoms with Gasteiger partial charge in [0.1, 0.15) is 0 Å². The predicted molar refractivity (Wildman–Crippen MR) is 70.0 cm³/mol. The van der Waals surface area contributed by atoms with Crippen LogP contribution in [0.4, 0.5) is 0 Å². The number of halogens is 1. The summed E-state index contributed by atoms with van der Waals surface area (Å²) in [5.74, 6) is 0. The summed E-state index contributed by atoms with van der Waals surface area (Å²) in [6, 6.07) is 14.0. The van der Waals surface area contributed by atoms with Crippen molar-refractivity contribution >= 4 is 22.5 Å². The summed E-state index contributed by atoms with van der Waals surface area (Å²) in [7, 11) is 0. The number of aromatic nitrogens is 2. The minimum absolute atomic E-state index is 0.764. The molecule has 2 nitrogen and oxygen atoms in total. The highest BCUT2D eigenvalue weighted by atomic mass is 35.5. The van der Waals surface area contributed by atoms with Crippen molar-refractivity contribution in [1.82, 2.24) is 10.2 Å². The molecule has 0 spiro atoms. The van der Waals surface area contributed by atoms with Gasteiger partial charge >= 0.3 is 0 Å². The number of nitrogens with one attached hydrogen (secondary N) is 1. The van der Waals surface area contributed by atoms with Crippen molar-refractivity contribution in [1.29, 1.82) is 0 Å². The molecule has 0 aliphatic carbocycles. The Labute approximate surface area is 104 Å². The van der Waals surface area contributed by atoms with Gasteiger partial charge < -0.3 is 0 Å². The van der Waals surface area contributed by atoms with Crippen molar-refractivity contribution < 1.29 is 0 Å². The molecule has 3 aromatic rings. The molecule has 83 valence electrons. The van der Waals surface area contributed by atoms with Gasteiger partial charge in [0.25, 0.3) is 0 Å². The molecular formula is C14H10ClN2. The molecule has 0 saturated carbocycles. The van der Waals surface area contributed by atoms with Crippen molar-refractivity contribution in [2.45, 2.75) is 0 Å². The maximum absolute atomic E-state index is 6.12. The van der Waals surface area contributed by atoms with Crippen molar-refractivity contribution in [3.8, 4) is 0 Å². The zero-order chi connectivity index (χ0) is 11.7. The molecule has 0 aliphatic rings. The quantitative estimate of drug-likeness (QED) is 0.726. The van der Waals surface area contributed by atoms with Gasteiger partial charge in [-0.1, -0.05) is 35.9 Å². The van der Waals surface area contributed by atoms with E-state index in [9.17, 15) is 0 Å². The second-order valence-corrected chi connectivity index (χ2v) is 4.29. The van der Waals surface area contributed by atoms with E-state index in [1.54, 1.807) is 0 Å². The molecule has 1 radical (unpaired) electrons. The van der Waals surface area contributed by atoms with Crippen LogP contribution in [0.5, 0.6) is 0 Å². The van der Waals surface area contributed by atoms with Crippen LogP contribution in [0.3, 0.4) is 0 Å². The van der Waals surface area contributed by atoms with Crippen LogP contribution in [-0.2, 0) is 0 Å². The molecule has 0 bridgehead atoms. The summed E-state index contributed by atoms with van der Waals surface area (Å²) >= 11 is 6.12. The van der Waals surface area contributed by atoms with Gasteiger partial charge in [0.15, 0.2) is 0 Å². The van der Waals surface area contributed by atoms with E-state index in [1.807, 2.05) is 42.6 Å². The van der Waals surface area contributed by atoms with Crippen LogP contribution in [0.2, 0.25) is 5.02 Å². The highest BCUT2D eigenvalue weighted by molar-refractivity contribution is 6.31. The molecule has 0 unspecified atom stereocenters. The third-order valence-electron chi connectivity index (χ3n) is 2.69. The number of aromatic amines is 1. The van der Waals surface area contributed by atoms with Crippen LogP contribution in [0, 0.1) is 6.42 Å². The average molecular weight is 242 g/mol. The summed E-state index contributed by atoms with van der Waals surface area (Å²) in [4.78, 5) is 0. The maximum atomic E-state index is 6.12. The third-order valence-corrected chi connectivity index (χ3v) is 3.04. The van der Waals surface area contributed by atoms with Gasteiger partial charge in [-0.25, -0.2) is 0 Å². The Balaban J connectivity index is 1.97. The summed E-state index contributed by atoms with van der Waals surface area (Å²) in [5.41, 5.74) is 3.19. The molecule has 3 heteroatoms. The molecule has 0 aliphatic heterocycles. The largest absolute Gasteiger partial charge is 0.278 e. The van der Waals surface area contributed by atoms with E-state index in [0.29, 0.717) is 0 Å². The van der Waals surface area contributed by atoms with E-state index in [0.717, 1.165) is 27.1 Å². The monoisotopic (exact) mass is 241 g/mol. The summed E-state index contributed by atoms with van der Waals surface area (Å²) in [6.07, 6.45) is 3.88. The fraction of sp³-hybridized carbons (Fsp3) is 0. The fourth-order valence-electron chi connectivity index (χ4n) is 1.82. The smallest absolute Gasteiger partial charge is 0.0650 e. The standard InChI is InChI=1S/C14H10ClN2/c15-13-4-2-1-3-11(13)7-10-5-6-14-12(8-10)9-16-17-14/h1-9H,(H,16,17). The Bertz CT molecular complexity index is 658. The minimum Gasteiger partial charge on any atom is -0.278 e. The van der Waals surface area contributed by atoms with E-state index in [1.165, 1.54) is 0 Å². The Hall–Kier alpha value is -1.80. The SMILES string of the molecule is Clc1ccccc1[CH]c1ccc2[nH]ncc2c1. The molecule has 0 amide bonds. The lowest BCUT2D eigenvalue weighted by molar-refractivity contribution is 1.12. The summed E-state index contributed by atoms with van der Waals surface area (Å²) in [6.45, 7) is 0. The van der Waals surface area contributed by atoms with Gasteiger partial charge in [-0.3, -0.25) is 5.10 Å². The molecule has 17 heavy (non-hydrogen) atoms. The average Bonchev–Trinajstić information content (AvgIpc) is 2.79. The van der Waals surface area contributed by atoms with Gasteiger partial charge in [-0.05, 0) is 29.3 Å². The van der Waals surface area contributed by atoms with Crippen LogP contribution < -0.4 is 0 Å². The van der Waals surface area contributed by atoms with Crippen LogP contribution in [0.1, 0.15) is 11.1 Å². The van der Waals surface area contributed by atoms with Crippen molar-refractivity contribution in [3.05, 3.63) is 71.2 Å². The number of H-pyrrole nitrogens is 1. The molecular weight excluding hydrogens is 232 g/mol. The number of benzene rings is 2. The minimum atomic E-state index is 0.764. The molecule has 1 heterocycles. The first-order valence-electron chi connectivity index (χ1n) is 5.35. The van der Waals surface area contributed by atoms with E-state index in [2.05, 4.69) is 22.7 Å². The zero-order valence-electron chi connectivity index (χ0n) is 9.02. The Morgan fingerprint density at radius 2 is 2.00 bits per heavy atom. The fourth-order valence-corrected chi connectivity index (χ4v) is 2.01. The van der Waals surface area contributed by atoms with Gasteiger partial charge in [-0.15, -0.1) is 0 Å². The van der Waals surface area contributed by atoms with Crippen molar-refractivity contribution in [2.75, 3.05) is 0 Å². The van der Waals surface area contributed by atoms with Crippen LogP contribution >= 0.6 is 11.6 Å². The topological polar surface area (TPSA) is 28.7 Å². The summed E-state index contributed by atoms with van der Waals surface area (Å²) < 4.78 is 0. The third kappa shape index (κ3) is 2.04. The number of nitrogens with zero attached hydrogens (tertiary/aromatic N) is 1. The summed E-state index contributed by atoms with van der Waals surface area (Å²) in [5, 5.41) is 8.80. The molecule has 1 N–H and O–H groups in total. The normalized spacial score (nSPS) is 10.9. The molecule has 2 aromatic carbocycles. The number of hydrogen-bond acceptors (Lipinski definition) is 1. The van der Waals surface area contributed by atoms with Crippen LogP contribution in [0.25, 0.3) is 10.9 Å². The van der Waals surface area contributed by atoms with Gasteiger partial charge in [0.05, 0.1) is 11.7 Å². The molecule has 0 atom stereocenters. The highest BCUT2D eigenvalue weighted by Gasteiger charge is 2.03. The van der Waals surface area contributed by atoms with Crippen LogP contribution in [-0.4, -0.2) is 10.2 Å². The second kappa shape index (κ2) is 4.22. The van der Waals surface area contributed by atoms with E-state index < -0.39 is 0 Å². The molecule has 0 fully saturated rings. The number of hydrogen-bond donors (Lipinski definition) is 1. The lowest BCUT2D eigenvalue weighted by Gasteiger charge is -2.03. The van der Waals surface area contributed by atoms with E-state index in [4.69, 9.17) is 11.6 Å². The predicted octanol–water partition coefficient (Wildman–Crippen LogP) is 3.82. The van der Waals surface area contributed by atoms with Crippen molar-refractivity contribution in [3.63, 3.8) is 0 Å². The van der Waals surface area contributed by atoms with Gasteiger partial charge in [-0.2, -0.15) is 5.10 Å². The van der Waals surface area contributed by atoms with E-state index >= 15 is 0 Å². The van der Waals surface area contributed by atoms with Crippen LogP contribution in [0.15, 0.2) is 48.7 Å². The number of fused-ring (bicyclic) bond motifs is 1. The lowest BCUT2D eigenvalue weighted by atomic mass is 10.0. The maximum Gasteiger partial charge on any atom is 0.0650 e. The van der Waals surface area contributed by atoms with Gasteiger partial charge in [0.2, 0.25) is 0 Å². The first kappa shape index (κ1) is 10.4.